The fourth-order valence-corrected chi connectivity index (χ4v) is 3.84. The molecule has 0 unspecified atom stereocenters. The molecule has 1 N–H and O–H groups in total. The maximum Gasteiger partial charge on any atom is 0.317 e. The molecule has 0 radical (unpaired) electrons. The highest BCUT2D eigenvalue weighted by Gasteiger charge is 2.24. The molecule has 1 aromatic carbocycles. The van der Waals surface area contributed by atoms with Crippen molar-refractivity contribution in [2.75, 3.05) is 26.7 Å². The van der Waals surface area contributed by atoms with E-state index in [1.165, 1.54) is 0 Å². The Morgan fingerprint density at radius 3 is 2.73 bits per heavy atom. The highest BCUT2D eigenvalue weighted by molar-refractivity contribution is 5.76. The molecule has 1 saturated heterocycles. The van der Waals surface area contributed by atoms with Crippen molar-refractivity contribution < 1.29 is 9.59 Å². The smallest absolute Gasteiger partial charge is 0.317 e. The standard InChI is InChI=1S/C24H32N4O2/c1-27(17-14-22-11-5-6-15-25-22)23(29)13-12-21-10-7-16-28(19-21)24(30)26-18-20-8-3-2-4-9-20/h2-6,8-9,11,15,21H,7,10,12-14,16-19H2,1H3,(H,26,30)/t21-/m0/s1. The molecule has 6 heteroatoms. The number of likely N-dealkylation sites (tertiary alicyclic amines) is 1. The normalized spacial score (nSPS) is 16.2. The minimum absolute atomic E-state index is 0.0117. The number of carbonyl (C=O) groups excluding carboxylic acids is 2. The number of rotatable bonds is 8. The van der Waals surface area contributed by atoms with Gasteiger partial charge in [0.15, 0.2) is 0 Å². The van der Waals surface area contributed by atoms with Gasteiger partial charge >= 0.3 is 6.03 Å². The van der Waals surface area contributed by atoms with Gasteiger partial charge in [-0.25, -0.2) is 4.79 Å². The third-order valence-corrected chi connectivity index (χ3v) is 5.71. The molecular weight excluding hydrogens is 376 g/mol. The number of amides is 3. The third kappa shape index (κ3) is 6.87. The summed E-state index contributed by atoms with van der Waals surface area (Å²) in [6.07, 6.45) is 5.97. The Morgan fingerprint density at radius 2 is 1.97 bits per heavy atom. The number of hydrogen-bond acceptors (Lipinski definition) is 3. The molecule has 3 amide bonds. The van der Waals surface area contributed by atoms with Crippen LogP contribution in [0.25, 0.3) is 0 Å². The van der Waals surface area contributed by atoms with Crippen molar-refractivity contribution in [1.29, 1.82) is 0 Å². The van der Waals surface area contributed by atoms with E-state index in [1.807, 2.05) is 60.5 Å². The van der Waals surface area contributed by atoms with Gasteiger partial charge in [-0.05, 0) is 42.9 Å². The van der Waals surface area contributed by atoms with E-state index in [1.54, 1.807) is 11.1 Å². The second-order valence-electron chi connectivity index (χ2n) is 8.02. The predicted molar refractivity (Wildman–Crippen MR) is 118 cm³/mol. The van der Waals surface area contributed by atoms with E-state index in [0.717, 1.165) is 50.0 Å². The van der Waals surface area contributed by atoms with Crippen LogP contribution >= 0.6 is 0 Å². The summed E-state index contributed by atoms with van der Waals surface area (Å²) in [5.74, 6) is 0.547. The van der Waals surface area contributed by atoms with E-state index in [4.69, 9.17) is 0 Å². The summed E-state index contributed by atoms with van der Waals surface area (Å²) in [7, 11) is 1.86. The van der Waals surface area contributed by atoms with E-state index in [9.17, 15) is 9.59 Å². The summed E-state index contributed by atoms with van der Waals surface area (Å²) in [6.45, 7) is 2.73. The summed E-state index contributed by atoms with van der Waals surface area (Å²) < 4.78 is 0. The molecule has 1 aliphatic heterocycles. The lowest BCUT2D eigenvalue weighted by molar-refractivity contribution is -0.130. The van der Waals surface area contributed by atoms with Crippen LogP contribution in [0.2, 0.25) is 0 Å². The molecule has 1 aromatic heterocycles. The molecule has 1 fully saturated rings. The molecule has 0 aliphatic carbocycles. The van der Waals surface area contributed by atoms with E-state index in [0.29, 0.717) is 25.4 Å². The van der Waals surface area contributed by atoms with Crippen LogP contribution in [0.4, 0.5) is 4.79 Å². The second kappa shape index (κ2) is 11.3. The van der Waals surface area contributed by atoms with Crippen LogP contribution in [-0.4, -0.2) is 53.4 Å². The molecule has 2 aromatic rings. The van der Waals surface area contributed by atoms with Gasteiger partial charge in [0.25, 0.3) is 0 Å². The summed E-state index contributed by atoms with van der Waals surface area (Å²) in [5.41, 5.74) is 2.10. The van der Waals surface area contributed by atoms with Gasteiger partial charge in [-0.1, -0.05) is 36.4 Å². The SMILES string of the molecule is CN(CCc1ccccn1)C(=O)CC[C@@H]1CCCN(C(=O)NCc2ccccc2)C1. The number of aromatic nitrogens is 1. The van der Waals surface area contributed by atoms with Gasteiger partial charge in [0, 0.05) is 58.0 Å². The average Bonchev–Trinajstić information content (AvgIpc) is 2.81. The van der Waals surface area contributed by atoms with Crippen molar-refractivity contribution in [3.8, 4) is 0 Å². The molecule has 30 heavy (non-hydrogen) atoms. The molecule has 1 atom stereocenters. The first-order valence-electron chi connectivity index (χ1n) is 10.8. The molecular formula is C24H32N4O2. The van der Waals surface area contributed by atoms with E-state index < -0.39 is 0 Å². The average molecular weight is 409 g/mol. The number of hydrogen-bond donors (Lipinski definition) is 1. The van der Waals surface area contributed by atoms with Crippen molar-refractivity contribution in [3.63, 3.8) is 0 Å². The van der Waals surface area contributed by atoms with Crippen LogP contribution in [0.1, 0.15) is 36.9 Å². The second-order valence-corrected chi connectivity index (χ2v) is 8.02. The molecule has 0 saturated carbocycles. The van der Waals surface area contributed by atoms with Crippen LogP contribution < -0.4 is 5.32 Å². The molecule has 6 nitrogen and oxygen atoms in total. The first-order valence-corrected chi connectivity index (χ1v) is 10.8. The molecule has 1 aliphatic rings. The minimum Gasteiger partial charge on any atom is -0.345 e. The Morgan fingerprint density at radius 1 is 1.17 bits per heavy atom. The van der Waals surface area contributed by atoms with E-state index in [-0.39, 0.29) is 11.9 Å². The van der Waals surface area contributed by atoms with Crippen LogP contribution in [0, 0.1) is 5.92 Å². The van der Waals surface area contributed by atoms with Gasteiger partial charge in [-0.15, -0.1) is 0 Å². The fourth-order valence-electron chi connectivity index (χ4n) is 3.84. The van der Waals surface area contributed by atoms with Gasteiger partial charge in [0.1, 0.15) is 0 Å². The Bertz CT molecular complexity index is 797. The maximum atomic E-state index is 12.5. The van der Waals surface area contributed by atoms with Gasteiger partial charge in [0.05, 0.1) is 0 Å². The Balaban J connectivity index is 1.37. The molecule has 160 valence electrons. The quantitative estimate of drug-likeness (QED) is 0.727. The van der Waals surface area contributed by atoms with Crippen molar-refractivity contribution >= 4 is 11.9 Å². The van der Waals surface area contributed by atoms with Crippen molar-refractivity contribution in [1.82, 2.24) is 20.1 Å². The molecule has 2 heterocycles. The Hall–Kier alpha value is -2.89. The summed E-state index contributed by atoms with van der Waals surface area (Å²) >= 11 is 0. The number of likely N-dealkylation sites (N-methyl/N-ethyl adjacent to an activating group) is 1. The van der Waals surface area contributed by atoms with Gasteiger partial charge in [0.2, 0.25) is 5.91 Å². The first kappa shape index (κ1) is 21.8. The number of benzene rings is 1. The molecule has 0 spiro atoms. The summed E-state index contributed by atoms with van der Waals surface area (Å²) in [5, 5.41) is 3.01. The van der Waals surface area contributed by atoms with Crippen molar-refractivity contribution in [2.24, 2.45) is 5.92 Å². The van der Waals surface area contributed by atoms with Crippen molar-refractivity contribution in [3.05, 3.63) is 66.0 Å². The lowest BCUT2D eigenvalue weighted by atomic mass is 9.93. The minimum atomic E-state index is -0.0117. The molecule has 3 rings (SSSR count). The summed E-state index contributed by atoms with van der Waals surface area (Å²) in [6, 6.07) is 15.8. The number of carbonyl (C=O) groups is 2. The number of nitrogens with one attached hydrogen (secondary N) is 1. The van der Waals surface area contributed by atoms with Gasteiger partial charge in [-0.2, -0.15) is 0 Å². The Labute approximate surface area is 179 Å². The van der Waals surface area contributed by atoms with Crippen LogP contribution in [0.15, 0.2) is 54.7 Å². The van der Waals surface area contributed by atoms with Crippen LogP contribution in [0.3, 0.4) is 0 Å². The van der Waals surface area contributed by atoms with E-state index in [2.05, 4.69) is 10.3 Å². The maximum absolute atomic E-state index is 12.5. The fraction of sp³-hybridized carbons (Fsp3) is 0.458. The highest BCUT2D eigenvalue weighted by atomic mass is 16.2. The zero-order valence-electron chi connectivity index (χ0n) is 17.8. The topological polar surface area (TPSA) is 65.5 Å². The number of nitrogens with zero attached hydrogens (tertiary/aromatic N) is 3. The van der Waals surface area contributed by atoms with Gasteiger partial charge in [-0.3, -0.25) is 9.78 Å². The van der Waals surface area contributed by atoms with Crippen LogP contribution in [-0.2, 0) is 17.8 Å². The van der Waals surface area contributed by atoms with Crippen molar-refractivity contribution in [2.45, 2.75) is 38.6 Å². The number of piperidine rings is 1. The summed E-state index contributed by atoms with van der Waals surface area (Å²) in [4.78, 5) is 33.0. The van der Waals surface area contributed by atoms with E-state index >= 15 is 0 Å². The first-order chi connectivity index (χ1) is 14.6. The molecule has 0 bridgehead atoms. The zero-order chi connectivity index (χ0) is 21.2. The zero-order valence-corrected chi connectivity index (χ0v) is 17.8. The third-order valence-electron chi connectivity index (χ3n) is 5.71. The Kier molecular flexibility index (Phi) is 8.24. The predicted octanol–water partition coefficient (Wildman–Crippen LogP) is 3.48. The highest BCUT2D eigenvalue weighted by Crippen LogP contribution is 2.21. The lowest BCUT2D eigenvalue weighted by Gasteiger charge is -2.33. The lowest BCUT2D eigenvalue weighted by Crippen LogP contribution is -2.45. The largest absolute Gasteiger partial charge is 0.345 e. The van der Waals surface area contributed by atoms with Crippen LogP contribution in [0.5, 0.6) is 0 Å². The number of pyridine rings is 1. The van der Waals surface area contributed by atoms with Gasteiger partial charge < -0.3 is 15.1 Å². The monoisotopic (exact) mass is 408 g/mol. The number of urea groups is 1.